The molecule has 0 aliphatic rings. The van der Waals surface area contributed by atoms with Gasteiger partial charge in [-0.3, -0.25) is 4.90 Å². The second-order valence-corrected chi connectivity index (χ2v) is 6.30. The van der Waals surface area contributed by atoms with E-state index >= 15 is 0 Å². The number of aromatic nitrogens is 2. The van der Waals surface area contributed by atoms with E-state index in [9.17, 15) is 13.2 Å². The fourth-order valence-corrected chi connectivity index (χ4v) is 2.82. The van der Waals surface area contributed by atoms with Crippen molar-refractivity contribution >= 4 is 0 Å². The van der Waals surface area contributed by atoms with Gasteiger partial charge in [0.05, 0.1) is 18.7 Å². The van der Waals surface area contributed by atoms with Gasteiger partial charge in [-0.15, -0.1) is 0 Å². The lowest BCUT2D eigenvalue weighted by Gasteiger charge is -2.18. The van der Waals surface area contributed by atoms with Crippen molar-refractivity contribution in [3.63, 3.8) is 0 Å². The van der Waals surface area contributed by atoms with Crippen molar-refractivity contribution < 1.29 is 22.4 Å². The van der Waals surface area contributed by atoms with E-state index in [0.717, 1.165) is 17.4 Å². The molecule has 0 saturated heterocycles. The summed E-state index contributed by atoms with van der Waals surface area (Å²) in [5, 5.41) is 3.95. The first-order valence-electron chi connectivity index (χ1n) is 8.76. The van der Waals surface area contributed by atoms with E-state index in [0.29, 0.717) is 18.3 Å². The predicted octanol–water partition coefficient (Wildman–Crippen LogP) is 4.79. The van der Waals surface area contributed by atoms with Gasteiger partial charge < -0.3 is 9.26 Å². The second kappa shape index (κ2) is 8.43. The van der Waals surface area contributed by atoms with E-state index in [2.05, 4.69) is 10.1 Å². The normalized spacial score (nSPS) is 11.8. The smallest absolute Gasteiger partial charge is 0.416 e. The summed E-state index contributed by atoms with van der Waals surface area (Å²) in [5.74, 6) is 1.50. The highest BCUT2D eigenvalue weighted by Gasteiger charge is 2.33. The minimum Gasteiger partial charge on any atom is -0.494 e. The van der Waals surface area contributed by atoms with Crippen LogP contribution in [0.4, 0.5) is 13.2 Å². The van der Waals surface area contributed by atoms with Crippen LogP contribution in [0.2, 0.25) is 0 Å². The van der Waals surface area contributed by atoms with Gasteiger partial charge in [-0.2, -0.15) is 18.2 Å². The number of hydrogen-bond donors (Lipinski definition) is 0. The molecule has 1 aromatic heterocycles. The molecule has 8 heteroatoms. The van der Waals surface area contributed by atoms with Crippen LogP contribution in [-0.2, 0) is 19.3 Å². The summed E-state index contributed by atoms with van der Waals surface area (Å²) in [6.45, 7) is 2.82. The first kappa shape index (κ1) is 19.9. The molecule has 1 heterocycles. The Morgan fingerprint density at radius 2 is 1.75 bits per heavy atom. The highest BCUT2D eigenvalue weighted by atomic mass is 19.4. The Morgan fingerprint density at radius 1 is 1.04 bits per heavy atom. The van der Waals surface area contributed by atoms with E-state index in [1.54, 1.807) is 18.0 Å². The van der Waals surface area contributed by atoms with Crippen molar-refractivity contribution in [1.82, 2.24) is 15.0 Å². The van der Waals surface area contributed by atoms with Gasteiger partial charge in [-0.25, -0.2) is 0 Å². The molecule has 0 amide bonds. The van der Waals surface area contributed by atoms with Crippen LogP contribution in [0.5, 0.6) is 5.75 Å². The average Bonchev–Trinajstić information content (AvgIpc) is 3.10. The third kappa shape index (κ3) is 4.89. The lowest BCUT2D eigenvalue weighted by molar-refractivity contribution is -0.138. The van der Waals surface area contributed by atoms with Crippen LogP contribution >= 0.6 is 0 Å². The molecule has 0 unspecified atom stereocenters. The van der Waals surface area contributed by atoms with Crippen LogP contribution in [0.3, 0.4) is 0 Å². The molecular weight excluding hydrogens is 371 g/mol. The van der Waals surface area contributed by atoms with Gasteiger partial charge in [0.1, 0.15) is 5.75 Å². The van der Waals surface area contributed by atoms with Gasteiger partial charge >= 0.3 is 6.18 Å². The topological polar surface area (TPSA) is 51.4 Å². The zero-order valence-corrected chi connectivity index (χ0v) is 15.5. The molecule has 5 nitrogen and oxygen atoms in total. The van der Waals surface area contributed by atoms with Crippen molar-refractivity contribution in [1.29, 1.82) is 0 Å². The number of hydrogen-bond acceptors (Lipinski definition) is 5. The Hall–Kier alpha value is -2.87. The molecular formula is C20H20F3N3O2. The average molecular weight is 391 g/mol. The number of alkyl halides is 3. The number of benzene rings is 2. The summed E-state index contributed by atoms with van der Waals surface area (Å²) in [6, 6.07) is 12.8. The van der Waals surface area contributed by atoms with Gasteiger partial charge in [-0.1, -0.05) is 23.4 Å². The maximum absolute atomic E-state index is 13.1. The van der Waals surface area contributed by atoms with Crippen molar-refractivity contribution in [2.24, 2.45) is 0 Å². The van der Waals surface area contributed by atoms with Crippen LogP contribution in [0.1, 0.15) is 23.9 Å². The predicted molar refractivity (Wildman–Crippen MR) is 97.5 cm³/mol. The Morgan fingerprint density at radius 3 is 2.43 bits per heavy atom. The SMILES string of the molecule is CCOc1ccc(-c2noc(CN(C)Cc3ccccc3C(F)(F)F)n2)cc1. The fraction of sp³-hybridized carbons (Fsp3) is 0.300. The quantitative estimate of drug-likeness (QED) is 0.580. The highest BCUT2D eigenvalue weighted by Crippen LogP contribution is 2.32. The van der Waals surface area contributed by atoms with Crippen LogP contribution in [0.25, 0.3) is 11.4 Å². The summed E-state index contributed by atoms with van der Waals surface area (Å²) in [7, 11) is 1.70. The lowest BCUT2D eigenvalue weighted by Crippen LogP contribution is -2.20. The summed E-state index contributed by atoms with van der Waals surface area (Å²) in [5.41, 5.74) is 0.328. The zero-order chi connectivity index (χ0) is 20.1. The Balaban J connectivity index is 1.67. The van der Waals surface area contributed by atoms with E-state index in [1.807, 2.05) is 31.2 Å². The second-order valence-electron chi connectivity index (χ2n) is 6.30. The van der Waals surface area contributed by atoms with Crippen LogP contribution < -0.4 is 4.74 Å². The first-order chi connectivity index (χ1) is 13.4. The molecule has 0 radical (unpaired) electrons. The Labute approximate surface area is 160 Å². The van der Waals surface area contributed by atoms with E-state index < -0.39 is 11.7 Å². The summed E-state index contributed by atoms with van der Waals surface area (Å²) >= 11 is 0. The molecule has 0 N–H and O–H groups in total. The summed E-state index contributed by atoms with van der Waals surface area (Å²) in [6.07, 6.45) is -4.39. The molecule has 0 bridgehead atoms. The lowest BCUT2D eigenvalue weighted by atomic mass is 10.1. The van der Waals surface area contributed by atoms with Gasteiger partial charge in [0.25, 0.3) is 0 Å². The number of ether oxygens (including phenoxy) is 1. The van der Waals surface area contributed by atoms with Gasteiger partial charge in [0.2, 0.25) is 11.7 Å². The molecule has 0 fully saturated rings. The molecule has 0 aliphatic heterocycles. The molecule has 3 aromatic rings. The van der Waals surface area contributed by atoms with Crippen molar-refractivity contribution in [3.8, 4) is 17.1 Å². The molecule has 0 aliphatic carbocycles. The van der Waals surface area contributed by atoms with E-state index in [4.69, 9.17) is 9.26 Å². The number of nitrogens with zero attached hydrogens (tertiary/aromatic N) is 3. The largest absolute Gasteiger partial charge is 0.494 e. The standard InChI is InChI=1S/C20H20F3N3O2/c1-3-27-16-10-8-14(9-11-16)19-24-18(28-25-19)13-26(2)12-15-6-4-5-7-17(15)20(21,22)23/h4-11H,3,12-13H2,1-2H3. The molecule has 148 valence electrons. The van der Waals surface area contributed by atoms with Crippen molar-refractivity contribution in [3.05, 3.63) is 65.5 Å². The van der Waals surface area contributed by atoms with Crippen LogP contribution in [0.15, 0.2) is 53.1 Å². The molecule has 2 aromatic carbocycles. The maximum atomic E-state index is 13.1. The third-order valence-corrected chi connectivity index (χ3v) is 4.06. The molecule has 3 rings (SSSR count). The zero-order valence-electron chi connectivity index (χ0n) is 15.5. The van der Waals surface area contributed by atoms with Crippen LogP contribution in [-0.4, -0.2) is 28.7 Å². The Kier molecular flexibility index (Phi) is 5.99. The van der Waals surface area contributed by atoms with Gasteiger partial charge in [-0.05, 0) is 49.9 Å². The van der Waals surface area contributed by atoms with Gasteiger partial charge in [0.15, 0.2) is 0 Å². The molecule has 0 spiro atoms. The van der Waals surface area contributed by atoms with E-state index in [-0.39, 0.29) is 18.7 Å². The molecule has 0 saturated carbocycles. The highest BCUT2D eigenvalue weighted by molar-refractivity contribution is 5.55. The fourth-order valence-electron chi connectivity index (χ4n) is 2.82. The number of rotatable bonds is 7. The number of halogens is 3. The van der Waals surface area contributed by atoms with Crippen molar-refractivity contribution in [2.75, 3.05) is 13.7 Å². The minimum atomic E-state index is -4.39. The van der Waals surface area contributed by atoms with Crippen molar-refractivity contribution in [2.45, 2.75) is 26.2 Å². The summed E-state index contributed by atoms with van der Waals surface area (Å²) < 4.78 is 50.0. The van der Waals surface area contributed by atoms with E-state index in [1.165, 1.54) is 12.1 Å². The molecule has 28 heavy (non-hydrogen) atoms. The van der Waals surface area contributed by atoms with Gasteiger partial charge in [0, 0.05) is 12.1 Å². The third-order valence-electron chi connectivity index (χ3n) is 4.06. The first-order valence-corrected chi connectivity index (χ1v) is 8.76. The summed E-state index contributed by atoms with van der Waals surface area (Å²) in [4.78, 5) is 6.02. The van der Waals surface area contributed by atoms with Crippen LogP contribution in [0, 0.1) is 0 Å². The molecule has 0 atom stereocenters. The maximum Gasteiger partial charge on any atom is 0.416 e. The minimum absolute atomic E-state index is 0.108. The monoisotopic (exact) mass is 391 g/mol. The Bertz CT molecular complexity index is 908.